The molecule has 7 heteroatoms. The van der Waals surface area contributed by atoms with E-state index in [0.717, 1.165) is 36.4 Å². The molecule has 0 amide bonds. The van der Waals surface area contributed by atoms with Gasteiger partial charge in [0.15, 0.2) is 11.5 Å². The first-order chi connectivity index (χ1) is 16.1. The number of anilines is 1. The van der Waals surface area contributed by atoms with Crippen molar-refractivity contribution >= 4 is 28.0 Å². The molecule has 2 N–H and O–H groups in total. The second-order valence-electron chi connectivity index (χ2n) is 8.70. The van der Waals surface area contributed by atoms with Crippen molar-refractivity contribution in [3.05, 3.63) is 42.3 Å². The molecule has 3 aromatic heterocycles. The molecule has 4 heterocycles. The van der Waals surface area contributed by atoms with Gasteiger partial charge in [-0.1, -0.05) is 20.3 Å². The van der Waals surface area contributed by atoms with Gasteiger partial charge in [0, 0.05) is 43.7 Å². The average molecular weight is 446 g/mol. The highest BCUT2D eigenvalue weighted by molar-refractivity contribution is 5.86. The molecule has 1 aliphatic heterocycles. The van der Waals surface area contributed by atoms with Crippen LogP contribution in [-0.2, 0) is 0 Å². The first-order valence-corrected chi connectivity index (χ1v) is 12.0. The minimum absolute atomic E-state index is 0.138. The number of phenols is 1. The molecule has 0 radical (unpaired) electrons. The molecule has 172 valence electrons. The number of oxazole rings is 1. The van der Waals surface area contributed by atoms with Gasteiger partial charge >= 0.3 is 0 Å². The zero-order valence-electron chi connectivity index (χ0n) is 19.5. The third-order valence-electron chi connectivity index (χ3n) is 6.51. The minimum Gasteiger partial charge on any atom is -0.507 e. The van der Waals surface area contributed by atoms with Crippen LogP contribution in [0, 0.1) is 6.92 Å². The van der Waals surface area contributed by atoms with Crippen LogP contribution in [0.3, 0.4) is 0 Å². The molecule has 2 aliphatic rings. The third-order valence-corrected chi connectivity index (χ3v) is 6.51. The molecule has 6 rings (SSSR count). The van der Waals surface area contributed by atoms with Gasteiger partial charge in [0.05, 0.1) is 16.7 Å². The van der Waals surface area contributed by atoms with Gasteiger partial charge in [-0.15, -0.1) is 0 Å². The fourth-order valence-corrected chi connectivity index (χ4v) is 4.62. The summed E-state index contributed by atoms with van der Waals surface area (Å²) < 4.78 is 5.62. The van der Waals surface area contributed by atoms with Crippen LogP contribution >= 0.6 is 0 Å². The van der Waals surface area contributed by atoms with E-state index >= 15 is 0 Å². The number of benzene rings is 1. The predicted molar refractivity (Wildman–Crippen MR) is 132 cm³/mol. The van der Waals surface area contributed by atoms with E-state index < -0.39 is 0 Å². The molecule has 1 aromatic carbocycles. The highest BCUT2D eigenvalue weighted by Crippen LogP contribution is 2.33. The van der Waals surface area contributed by atoms with Gasteiger partial charge in [-0.25, -0.2) is 15.0 Å². The number of aryl methyl sites for hydroxylation is 1. The van der Waals surface area contributed by atoms with E-state index in [1.54, 1.807) is 19.1 Å². The zero-order chi connectivity index (χ0) is 22.9. The minimum atomic E-state index is 0.138. The lowest BCUT2D eigenvalue weighted by molar-refractivity contribution is 0.311. The maximum atomic E-state index is 10.5. The highest BCUT2D eigenvalue weighted by Gasteiger charge is 2.27. The van der Waals surface area contributed by atoms with Crippen molar-refractivity contribution in [3.63, 3.8) is 0 Å². The van der Waals surface area contributed by atoms with Crippen LogP contribution in [0.25, 0.3) is 33.4 Å². The summed E-state index contributed by atoms with van der Waals surface area (Å²) in [6.07, 6.45) is 5.16. The van der Waals surface area contributed by atoms with E-state index in [-0.39, 0.29) is 5.75 Å². The van der Waals surface area contributed by atoms with Crippen molar-refractivity contribution in [1.29, 1.82) is 0 Å². The number of fused-ring (bicyclic) bond motifs is 2. The number of nitrogens with zero attached hydrogens (tertiary/aromatic N) is 4. The number of nitrogens with one attached hydrogen (secondary N) is 1. The summed E-state index contributed by atoms with van der Waals surface area (Å²) in [6.45, 7) is 7.82. The number of rotatable bonds is 4. The molecule has 1 atom stereocenters. The van der Waals surface area contributed by atoms with Crippen LogP contribution in [0.4, 0.5) is 5.82 Å². The number of phenolic OH excluding ortho intramolecular Hbond substituents is 1. The van der Waals surface area contributed by atoms with E-state index in [0.29, 0.717) is 40.3 Å². The van der Waals surface area contributed by atoms with Crippen LogP contribution in [0.1, 0.15) is 45.4 Å². The number of aromatic hydroxyl groups is 1. The molecule has 1 saturated heterocycles. The Balaban J connectivity index is 0.00000111. The van der Waals surface area contributed by atoms with E-state index in [2.05, 4.69) is 15.2 Å². The third kappa shape index (κ3) is 4.25. The lowest BCUT2D eigenvalue weighted by Crippen LogP contribution is -2.43. The quantitative estimate of drug-likeness (QED) is 0.446. The number of aromatic nitrogens is 3. The largest absolute Gasteiger partial charge is 0.507 e. The Morgan fingerprint density at radius 2 is 1.73 bits per heavy atom. The second kappa shape index (κ2) is 8.98. The summed E-state index contributed by atoms with van der Waals surface area (Å²) in [4.78, 5) is 16.2. The van der Waals surface area contributed by atoms with Crippen LogP contribution in [0.15, 0.2) is 40.8 Å². The molecule has 33 heavy (non-hydrogen) atoms. The van der Waals surface area contributed by atoms with E-state index in [1.165, 1.54) is 19.3 Å². The predicted octanol–water partition coefficient (Wildman–Crippen LogP) is 5.20. The second-order valence-corrected chi connectivity index (χ2v) is 8.70. The van der Waals surface area contributed by atoms with Gasteiger partial charge in [0.1, 0.15) is 17.1 Å². The van der Waals surface area contributed by atoms with Crippen molar-refractivity contribution in [2.75, 3.05) is 18.0 Å². The fourth-order valence-electron chi connectivity index (χ4n) is 4.62. The lowest BCUT2D eigenvalue weighted by atomic mass is 9.92. The first kappa shape index (κ1) is 21.6. The Kier molecular flexibility index (Phi) is 5.89. The van der Waals surface area contributed by atoms with E-state index in [1.807, 2.05) is 38.1 Å². The monoisotopic (exact) mass is 445 g/mol. The summed E-state index contributed by atoms with van der Waals surface area (Å²) in [6, 6.07) is 12.6. The van der Waals surface area contributed by atoms with Crippen molar-refractivity contribution < 1.29 is 9.52 Å². The molecule has 7 nitrogen and oxygen atoms in total. The number of hydrogen-bond acceptors (Lipinski definition) is 7. The van der Waals surface area contributed by atoms with Crippen LogP contribution in [0.5, 0.6) is 5.75 Å². The van der Waals surface area contributed by atoms with Gasteiger partial charge in [-0.3, -0.25) is 0 Å². The average Bonchev–Trinajstić information content (AvgIpc) is 3.42. The van der Waals surface area contributed by atoms with Crippen LogP contribution in [-0.4, -0.2) is 45.2 Å². The van der Waals surface area contributed by atoms with Gasteiger partial charge in [-0.2, -0.15) is 0 Å². The molecule has 0 spiro atoms. The van der Waals surface area contributed by atoms with Gasteiger partial charge < -0.3 is 19.7 Å². The maximum absolute atomic E-state index is 10.5. The summed E-state index contributed by atoms with van der Waals surface area (Å²) >= 11 is 0. The van der Waals surface area contributed by atoms with Gasteiger partial charge in [0.25, 0.3) is 0 Å². The Morgan fingerprint density at radius 1 is 0.939 bits per heavy atom. The first-order valence-electron chi connectivity index (χ1n) is 12.0. The zero-order valence-corrected chi connectivity index (χ0v) is 19.5. The topological polar surface area (TPSA) is 87.3 Å². The maximum Gasteiger partial charge on any atom is 0.192 e. The summed E-state index contributed by atoms with van der Waals surface area (Å²) in [5, 5.41) is 14.3. The fraction of sp³-hybridized carbons (Fsp3) is 0.423. The molecular weight excluding hydrogens is 414 g/mol. The molecular formula is C26H31N5O2. The molecule has 1 aliphatic carbocycles. The molecule has 4 aromatic rings. The Labute approximate surface area is 193 Å². The number of pyridine rings is 2. The van der Waals surface area contributed by atoms with Crippen molar-refractivity contribution in [2.45, 2.75) is 58.5 Å². The normalized spacial score (nSPS) is 18.4. The molecule has 2 fully saturated rings. The number of hydrogen-bond donors (Lipinski definition) is 2. The van der Waals surface area contributed by atoms with Crippen LogP contribution < -0.4 is 10.2 Å². The summed E-state index contributed by atoms with van der Waals surface area (Å²) in [5.74, 6) is 1.71. The van der Waals surface area contributed by atoms with Crippen molar-refractivity contribution in [1.82, 2.24) is 20.3 Å². The summed E-state index contributed by atoms with van der Waals surface area (Å²) in [5.41, 5.74) is 4.24. The van der Waals surface area contributed by atoms with Crippen molar-refractivity contribution in [2.24, 2.45) is 0 Å². The van der Waals surface area contributed by atoms with Gasteiger partial charge in [-0.05, 0) is 49.6 Å². The van der Waals surface area contributed by atoms with E-state index in [4.69, 9.17) is 14.4 Å². The Bertz CT molecular complexity index is 1280. The molecule has 0 bridgehead atoms. The summed E-state index contributed by atoms with van der Waals surface area (Å²) in [7, 11) is 0. The smallest absolute Gasteiger partial charge is 0.192 e. The van der Waals surface area contributed by atoms with Gasteiger partial charge in [0.2, 0.25) is 0 Å². The Hall–Kier alpha value is -3.19. The van der Waals surface area contributed by atoms with Crippen molar-refractivity contribution in [3.8, 4) is 17.0 Å². The highest BCUT2D eigenvalue weighted by atomic mass is 16.3. The Morgan fingerprint density at radius 3 is 2.52 bits per heavy atom. The molecule has 1 unspecified atom stereocenters. The molecule has 1 saturated carbocycles. The van der Waals surface area contributed by atoms with Crippen LogP contribution in [0.2, 0.25) is 0 Å². The standard InChI is InChI=1S/C24H25N5O2.C2H6/c1-14-25-21-12-22(30)17(11-23(21)31-14)18-5-6-20-19(27-18)7-8-24(28-20)29-10-9-16(13-29)26-15-3-2-4-15;1-2/h5-8,11-12,15-16,26,30H,2-4,9-10,13H2,1H3;1-2H3. The van der Waals surface area contributed by atoms with E-state index in [9.17, 15) is 5.11 Å². The SMILES string of the molecule is CC.Cc1nc2cc(O)c(-c3ccc4nc(N5CCC(NC6CCC6)C5)ccc4n3)cc2o1. The lowest BCUT2D eigenvalue weighted by Gasteiger charge is -2.30.